The maximum Gasteiger partial charge on any atom is 0.163 e. The zero-order chi connectivity index (χ0) is 10.9. The highest BCUT2D eigenvalue weighted by atomic mass is 35.5. The Labute approximate surface area is 99.3 Å². The highest BCUT2D eigenvalue weighted by Gasteiger charge is 2.56. The van der Waals surface area contributed by atoms with E-state index < -0.39 is 0 Å². The molecule has 0 aromatic carbocycles. The normalized spacial score (nSPS) is 48.8. The number of carbonyl (C=O) groups excluding carboxylic acids is 1. The second-order valence-electron chi connectivity index (χ2n) is 5.28. The van der Waals surface area contributed by atoms with Crippen molar-refractivity contribution in [2.75, 3.05) is 0 Å². The van der Waals surface area contributed by atoms with Crippen molar-refractivity contribution in [3.05, 3.63) is 23.3 Å². The minimum atomic E-state index is 0.0249. The fraction of sp³-hybridized carbons (Fsp3) is 0.615. The molecule has 84 valence electrons. The Hall–Kier alpha value is -0.600. The number of alkyl halides is 1. The maximum absolute atomic E-state index is 12.0. The third-order valence-corrected chi connectivity index (χ3v) is 5.00. The maximum atomic E-state index is 12.0. The molecule has 1 saturated heterocycles. The Morgan fingerprint density at radius 1 is 1.38 bits per heavy atom. The Bertz CT molecular complexity index is 437. The van der Waals surface area contributed by atoms with Crippen LogP contribution in [0.3, 0.4) is 0 Å². The molecule has 5 unspecified atom stereocenters. The number of hydrogen-bond acceptors (Lipinski definition) is 2. The van der Waals surface area contributed by atoms with Gasteiger partial charge in [0.25, 0.3) is 0 Å². The fourth-order valence-electron chi connectivity index (χ4n) is 3.64. The van der Waals surface area contributed by atoms with Crippen LogP contribution in [0.15, 0.2) is 23.3 Å². The molecule has 2 bridgehead atoms. The molecule has 4 rings (SSSR count). The summed E-state index contributed by atoms with van der Waals surface area (Å²) in [5, 5.41) is 0.0249. The minimum absolute atomic E-state index is 0.0249. The van der Waals surface area contributed by atoms with Crippen molar-refractivity contribution >= 4 is 17.4 Å². The van der Waals surface area contributed by atoms with E-state index in [4.69, 9.17) is 16.3 Å². The van der Waals surface area contributed by atoms with Crippen LogP contribution >= 0.6 is 11.6 Å². The van der Waals surface area contributed by atoms with Crippen molar-refractivity contribution in [3.63, 3.8) is 0 Å². The van der Waals surface area contributed by atoms with E-state index in [1.54, 1.807) is 0 Å². The summed E-state index contributed by atoms with van der Waals surface area (Å²) in [5.41, 5.74) is 2.08. The highest BCUT2D eigenvalue weighted by Crippen LogP contribution is 2.54. The molecule has 16 heavy (non-hydrogen) atoms. The van der Waals surface area contributed by atoms with Crippen LogP contribution in [0.5, 0.6) is 0 Å². The first-order valence-corrected chi connectivity index (χ1v) is 6.42. The van der Waals surface area contributed by atoms with Crippen molar-refractivity contribution in [3.8, 4) is 0 Å². The summed E-state index contributed by atoms with van der Waals surface area (Å²) < 4.78 is 5.67. The van der Waals surface area contributed by atoms with Crippen molar-refractivity contribution in [1.82, 2.24) is 0 Å². The Kier molecular flexibility index (Phi) is 1.76. The van der Waals surface area contributed by atoms with Gasteiger partial charge < -0.3 is 4.74 Å². The molecule has 1 heterocycles. The van der Waals surface area contributed by atoms with E-state index in [0.717, 1.165) is 24.0 Å². The lowest BCUT2D eigenvalue weighted by molar-refractivity contribution is -0.115. The lowest BCUT2D eigenvalue weighted by Crippen LogP contribution is -2.39. The van der Waals surface area contributed by atoms with Crippen LogP contribution in [0.25, 0.3) is 0 Å². The Morgan fingerprint density at radius 2 is 2.25 bits per heavy atom. The number of Topliss-reactive ketones (excluding diaryl/α,β-unsaturated/α-hetero) is 1. The molecule has 0 amide bonds. The predicted molar refractivity (Wildman–Crippen MR) is 60.3 cm³/mol. The van der Waals surface area contributed by atoms with Crippen LogP contribution < -0.4 is 0 Å². The smallest absolute Gasteiger partial charge is 0.163 e. The van der Waals surface area contributed by atoms with Gasteiger partial charge in [0.05, 0.1) is 17.6 Å². The molecule has 0 N–H and O–H groups in total. The van der Waals surface area contributed by atoms with Gasteiger partial charge in [0.15, 0.2) is 5.78 Å². The topological polar surface area (TPSA) is 29.6 Å². The average Bonchev–Trinajstić information content (AvgIpc) is 3.04. The molecule has 3 heteroatoms. The molecule has 1 saturated carbocycles. The van der Waals surface area contributed by atoms with Crippen LogP contribution in [0.4, 0.5) is 0 Å². The van der Waals surface area contributed by atoms with Gasteiger partial charge in [-0.25, -0.2) is 0 Å². The lowest BCUT2D eigenvalue weighted by Gasteiger charge is -2.38. The number of ether oxygens (including phenoxy) is 1. The van der Waals surface area contributed by atoms with E-state index in [1.165, 1.54) is 0 Å². The third-order valence-electron chi connectivity index (χ3n) is 4.40. The third kappa shape index (κ3) is 1.09. The molecular formula is C13H13ClO2. The summed E-state index contributed by atoms with van der Waals surface area (Å²) in [5.74, 6) is 1.11. The van der Waals surface area contributed by atoms with Crippen molar-refractivity contribution in [2.24, 2.45) is 11.8 Å². The first kappa shape index (κ1) is 9.43. The molecule has 4 aliphatic rings. The molecule has 5 atom stereocenters. The number of hydrogen-bond donors (Lipinski definition) is 0. The SMILES string of the molecule is O=C1CC=CC2=C1C1CC(CC3OC31)C2Cl. The Morgan fingerprint density at radius 3 is 3.12 bits per heavy atom. The second-order valence-corrected chi connectivity index (χ2v) is 5.75. The van der Waals surface area contributed by atoms with Crippen LogP contribution in [-0.4, -0.2) is 23.4 Å². The summed E-state index contributed by atoms with van der Waals surface area (Å²) in [6.07, 6.45) is 7.39. The quantitative estimate of drug-likeness (QED) is 0.477. The summed E-state index contributed by atoms with van der Waals surface area (Å²) in [6, 6.07) is 0. The zero-order valence-electron chi connectivity index (χ0n) is 8.86. The number of ketones is 1. The van der Waals surface area contributed by atoms with Gasteiger partial charge >= 0.3 is 0 Å². The first-order chi connectivity index (χ1) is 7.75. The number of epoxide rings is 1. The van der Waals surface area contributed by atoms with E-state index in [9.17, 15) is 4.79 Å². The molecule has 0 aromatic heterocycles. The van der Waals surface area contributed by atoms with Crippen molar-refractivity contribution in [2.45, 2.75) is 36.8 Å². The van der Waals surface area contributed by atoms with E-state index in [-0.39, 0.29) is 11.2 Å². The number of carbonyl (C=O) groups is 1. The molecule has 1 aliphatic heterocycles. The van der Waals surface area contributed by atoms with Gasteiger partial charge in [-0.3, -0.25) is 4.79 Å². The monoisotopic (exact) mass is 236 g/mol. The largest absolute Gasteiger partial charge is 0.369 e. The van der Waals surface area contributed by atoms with Gasteiger partial charge in [-0.1, -0.05) is 12.2 Å². The second kappa shape index (κ2) is 2.99. The fourth-order valence-corrected chi connectivity index (χ4v) is 4.04. The molecule has 0 aromatic rings. The summed E-state index contributed by atoms with van der Waals surface area (Å²) in [6.45, 7) is 0. The van der Waals surface area contributed by atoms with Gasteiger partial charge in [0.1, 0.15) is 0 Å². The van der Waals surface area contributed by atoms with Gasteiger partial charge in [-0.05, 0) is 24.3 Å². The van der Waals surface area contributed by atoms with Crippen LogP contribution in [0.1, 0.15) is 19.3 Å². The average molecular weight is 237 g/mol. The molecule has 2 fully saturated rings. The number of fused-ring (bicyclic) bond motifs is 5. The van der Waals surface area contributed by atoms with Gasteiger partial charge in [0, 0.05) is 17.9 Å². The number of allylic oxidation sites excluding steroid dienone is 3. The van der Waals surface area contributed by atoms with Crippen LogP contribution in [-0.2, 0) is 9.53 Å². The molecule has 3 aliphatic carbocycles. The standard InChI is InChI=1S/C13H13ClO2/c14-12-6-4-8(13-10(5-6)16-13)11-7(12)2-1-3-9(11)15/h1-2,6,8,10,12-13H,3-5H2. The van der Waals surface area contributed by atoms with E-state index in [1.807, 2.05) is 6.08 Å². The predicted octanol–water partition coefficient (Wildman–Crippen LogP) is 2.23. The summed E-state index contributed by atoms with van der Waals surface area (Å²) in [4.78, 5) is 12.0. The van der Waals surface area contributed by atoms with Crippen LogP contribution in [0.2, 0.25) is 0 Å². The Balaban J connectivity index is 1.86. The lowest BCUT2D eigenvalue weighted by atomic mass is 9.66. The van der Waals surface area contributed by atoms with Crippen molar-refractivity contribution in [1.29, 1.82) is 0 Å². The van der Waals surface area contributed by atoms with Gasteiger partial charge in [0.2, 0.25) is 0 Å². The van der Waals surface area contributed by atoms with Crippen molar-refractivity contribution < 1.29 is 9.53 Å². The molecule has 0 spiro atoms. The van der Waals surface area contributed by atoms with E-state index in [0.29, 0.717) is 30.5 Å². The first-order valence-electron chi connectivity index (χ1n) is 5.99. The molecule has 2 nitrogen and oxygen atoms in total. The number of rotatable bonds is 0. The minimum Gasteiger partial charge on any atom is -0.369 e. The molecular weight excluding hydrogens is 224 g/mol. The van der Waals surface area contributed by atoms with E-state index >= 15 is 0 Å². The van der Waals surface area contributed by atoms with Gasteiger partial charge in [-0.15, -0.1) is 11.6 Å². The van der Waals surface area contributed by atoms with Gasteiger partial charge in [-0.2, -0.15) is 0 Å². The summed E-state index contributed by atoms with van der Waals surface area (Å²) in [7, 11) is 0. The molecule has 0 radical (unpaired) electrons. The summed E-state index contributed by atoms with van der Waals surface area (Å²) >= 11 is 6.49. The number of halogens is 1. The van der Waals surface area contributed by atoms with Crippen LogP contribution in [0, 0.1) is 11.8 Å². The van der Waals surface area contributed by atoms with E-state index in [2.05, 4.69) is 6.08 Å². The highest BCUT2D eigenvalue weighted by molar-refractivity contribution is 6.24. The zero-order valence-corrected chi connectivity index (χ0v) is 9.61.